The van der Waals surface area contributed by atoms with Crippen LogP contribution in [0.15, 0.2) is 36.4 Å². The Kier molecular flexibility index (Phi) is 4.71. The lowest BCUT2D eigenvalue weighted by Gasteiger charge is -2.15. The zero-order valence-electron chi connectivity index (χ0n) is 13.9. The van der Waals surface area contributed by atoms with E-state index in [0.29, 0.717) is 5.69 Å². The van der Waals surface area contributed by atoms with Crippen molar-refractivity contribution in [3.63, 3.8) is 0 Å². The maximum Gasteiger partial charge on any atom is 0.235 e. The average molecular weight is 346 g/mol. The number of anilines is 2. The summed E-state index contributed by atoms with van der Waals surface area (Å²) in [5.74, 6) is 0.914. The van der Waals surface area contributed by atoms with E-state index < -0.39 is 15.3 Å². The summed E-state index contributed by atoms with van der Waals surface area (Å²) in [5.41, 5.74) is 2.23. The molecule has 1 aromatic heterocycles. The number of benzene rings is 1. The molecule has 0 saturated carbocycles. The zero-order valence-corrected chi connectivity index (χ0v) is 14.8. The fraction of sp³-hybridized carbons (Fsp3) is 0.412. The van der Waals surface area contributed by atoms with Crippen LogP contribution in [-0.4, -0.2) is 37.0 Å². The van der Waals surface area contributed by atoms with Crippen molar-refractivity contribution in [1.29, 1.82) is 0 Å². The zero-order chi connectivity index (χ0) is 17.2. The van der Waals surface area contributed by atoms with Gasteiger partial charge in [0.1, 0.15) is 0 Å². The number of nitrogens with zero attached hydrogens (tertiary/aromatic N) is 3. The second-order valence-corrected chi connectivity index (χ2v) is 8.48. The molecule has 2 aromatic rings. The first-order valence-corrected chi connectivity index (χ1v) is 9.71. The largest absolute Gasteiger partial charge is 0.355 e. The second kappa shape index (κ2) is 6.76. The molecule has 2 heterocycles. The van der Waals surface area contributed by atoms with Crippen LogP contribution in [0.2, 0.25) is 0 Å². The minimum Gasteiger partial charge on any atom is -0.355 e. The van der Waals surface area contributed by atoms with Crippen molar-refractivity contribution in [3.05, 3.63) is 36.4 Å². The summed E-state index contributed by atoms with van der Waals surface area (Å²) >= 11 is 0. The summed E-state index contributed by atoms with van der Waals surface area (Å²) < 4.78 is 26.3. The Morgan fingerprint density at radius 1 is 1.00 bits per heavy atom. The van der Waals surface area contributed by atoms with Gasteiger partial charge in [-0.3, -0.25) is 4.72 Å². The third kappa shape index (κ3) is 3.67. The minimum absolute atomic E-state index is 0.471. The van der Waals surface area contributed by atoms with E-state index in [1.54, 1.807) is 26.0 Å². The number of aromatic nitrogens is 2. The van der Waals surface area contributed by atoms with Crippen LogP contribution in [-0.2, 0) is 10.0 Å². The van der Waals surface area contributed by atoms with Gasteiger partial charge >= 0.3 is 0 Å². The van der Waals surface area contributed by atoms with Crippen LogP contribution in [0.1, 0.15) is 26.7 Å². The number of nitrogens with one attached hydrogen (secondary N) is 1. The van der Waals surface area contributed by atoms with E-state index in [2.05, 4.69) is 19.8 Å². The highest BCUT2D eigenvalue weighted by Gasteiger charge is 2.16. The van der Waals surface area contributed by atoms with Gasteiger partial charge in [0, 0.05) is 24.3 Å². The van der Waals surface area contributed by atoms with Gasteiger partial charge in [-0.15, -0.1) is 10.2 Å². The van der Waals surface area contributed by atoms with Gasteiger partial charge in [-0.2, -0.15) is 0 Å². The van der Waals surface area contributed by atoms with Gasteiger partial charge in [0.15, 0.2) is 5.82 Å². The topological polar surface area (TPSA) is 75.2 Å². The Morgan fingerprint density at radius 2 is 1.67 bits per heavy atom. The molecule has 3 rings (SSSR count). The van der Waals surface area contributed by atoms with Gasteiger partial charge in [0.2, 0.25) is 10.0 Å². The van der Waals surface area contributed by atoms with Crippen molar-refractivity contribution in [3.8, 4) is 11.3 Å². The summed E-state index contributed by atoms with van der Waals surface area (Å²) in [6.45, 7) is 5.37. The standard InChI is InChI=1S/C17H22N4O2S/c1-13(2)24(22,23)20-15-7-5-14(6-8-15)16-9-10-17(19-18-16)21-11-3-4-12-21/h5-10,13,20H,3-4,11-12H2,1-2H3. The number of rotatable bonds is 5. The SMILES string of the molecule is CC(C)S(=O)(=O)Nc1ccc(-c2ccc(N3CCCC3)nn2)cc1. The summed E-state index contributed by atoms with van der Waals surface area (Å²) in [6, 6.07) is 11.1. The Morgan fingerprint density at radius 3 is 2.21 bits per heavy atom. The Labute approximate surface area is 143 Å². The fourth-order valence-electron chi connectivity index (χ4n) is 2.59. The first-order chi connectivity index (χ1) is 11.5. The van der Waals surface area contributed by atoms with Crippen LogP contribution in [0.4, 0.5) is 11.5 Å². The molecule has 0 bridgehead atoms. The molecule has 0 atom stereocenters. The number of hydrogen-bond donors (Lipinski definition) is 1. The lowest BCUT2D eigenvalue weighted by atomic mass is 10.1. The van der Waals surface area contributed by atoms with Crippen molar-refractivity contribution in [2.75, 3.05) is 22.7 Å². The van der Waals surface area contributed by atoms with Crippen LogP contribution in [0.25, 0.3) is 11.3 Å². The maximum absolute atomic E-state index is 11.9. The highest BCUT2D eigenvalue weighted by Crippen LogP contribution is 2.23. The summed E-state index contributed by atoms with van der Waals surface area (Å²) in [6.07, 6.45) is 2.41. The van der Waals surface area contributed by atoms with E-state index in [1.165, 1.54) is 12.8 Å². The maximum atomic E-state index is 11.9. The molecule has 24 heavy (non-hydrogen) atoms. The average Bonchev–Trinajstić information content (AvgIpc) is 3.10. The molecule has 6 nitrogen and oxygen atoms in total. The van der Waals surface area contributed by atoms with Crippen LogP contribution < -0.4 is 9.62 Å². The van der Waals surface area contributed by atoms with E-state index in [-0.39, 0.29) is 0 Å². The molecule has 0 unspecified atom stereocenters. The first kappa shape index (κ1) is 16.7. The minimum atomic E-state index is -3.33. The van der Waals surface area contributed by atoms with Crippen molar-refractivity contribution in [2.45, 2.75) is 31.9 Å². The molecule has 1 aliphatic heterocycles. The quantitative estimate of drug-likeness (QED) is 0.901. The van der Waals surface area contributed by atoms with E-state index in [4.69, 9.17) is 0 Å². The lowest BCUT2D eigenvalue weighted by Crippen LogP contribution is -2.22. The molecule has 1 aromatic carbocycles. The molecular formula is C17H22N4O2S. The normalized spacial score (nSPS) is 15.0. The highest BCUT2D eigenvalue weighted by molar-refractivity contribution is 7.93. The van der Waals surface area contributed by atoms with Crippen LogP contribution in [0.3, 0.4) is 0 Å². The third-order valence-electron chi connectivity index (χ3n) is 4.14. The molecule has 1 N–H and O–H groups in total. The van der Waals surface area contributed by atoms with Crippen molar-refractivity contribution in [2.24, 2.45) is 0 Å². The Bertz CT molecular complexity index is 780. The number of hydrogen-bond acceptors (Lipinski definition) is 5. The van der Waals surface area contributed by atoms with Gasteiger partial charge in [-0.05, 0) is 51.0 Å². The smallest absolute Gasteiger partial charge is 0.235 e. The first-order valence-electron chi connectivity index (χ1n) is 8.16. The summed E-state index contributed by atoms with van der Waals surface area (Å²) in [4.78, 5) is 2.24. The van der Waals surface area contributed by atoms with Crippen LogP contribution in [0, 0.1) is 0 Å². The van der Waals surface area contributed by atoms with Gasteiger partial charge in [0.25, 0.3) is 0 Å². The predicted molar refractivity (Wildman–Crippen MR) is 96.6 cm³/mol. The molecular weight excluding hydrogens is 324 g/mol. The Hall–Kier alpha value is -2.15. The van der Waals surface area contributed by atoms with E-state index in [0.717, 1.165) is 30.2 Å². The van der Waals surface area contributed by atoms with Crippen molar-refractivity contribution >= 4 is 21.5 Å². The van der Waals surface area contributed by atoms with Gasteiger partial charge in [-0.1, -0.05) is 12.1 Å². The number of sulfonamides is 1. The molecule has 0 spiro atoms. The molecule has 1 saturated heterocycles. The third-order valence-corrected chi connectivity index (χ3v) is 5.90. The van der Waals surface area contributed by atoms with Crippen LogP contribution in [0.5, 0.6) is 0 Å². The van der Waals surface area contributed by atoms with E-state index in [9.17, 15) is 8.42 Å². The van der Waals surface area contributed by atoms with Crippen LogP contribution >= 0.6 is 0 Å². The monoisotopic (exact) mass is 346 g/mol. The van der Waals surface area contributed by atoms with Gasteiger partial charge < -0.3 is 4.90 Å². The Balaban J connectivity index is 1.73. The van der Waals surface area contributed by atoms with Gasteiger partial charge in [0.05, 0.1) is 10.9 Å². The molecule has 0 radical (unpaired) electrons. The molecule has 1 aliphatic rings. The molecule has 7 heteroatoms. The van der Waals surface area contributed by atoms with Crippen molar-refractivity contribution < 1.29 is 8.42 Å². The fourth-order valence-corrected chi connectivity index (χ4v) is 3.29. The van der Waals surface area contributed by atoms with Crippen molar-refractivity contribution in [1.82, 2.24) is 10.2 Å². The highest BCUT2D eigenvalue weighted by atomic mass is 32.2. The van der Waals surface area contributed by atoms with E-state index in [1.807, 2.05) is 24.3 Å². The summed E-state index contributed by atoms with van der Waals surface area (Å²) in [5, 5.41) is 8.13. The predicted octanol–water partition coefficient (Wildman–Crippen LogP) is 2.89. The second-order valence-electron chi connectivity index (χ2n) is 6.24. The van der Waals surface area contributed by atoms with Gasteiger partial charge in [-0.25, -0.2) is 8.42 Å². The molecule has 1 fully saturated rings. The lowest BCUT2D eigenvalue weighted by molar-refractivity contribution is 0.593. The van der Waals surface area contributed by atoms with E-state index >= 15 is 0 Å². The molecule has 128 valence electrons. The molecule has 0 aliphatic carbocycles. The summed E-state index contributed by atoms with van der Waals surface area (Å²) in [7, 11) is -3.33. The molecule has 0 amide bonds.